The number of allylic oxidation sites excluding steroid dienone is 7. The Morgan fingerprint density at radius 2 is 0.847 bits per heavy atom. The molecule has 0 saturated heterocycles. The second-order valence-electron chi connectivity index (χ2n) is 17.1. The SMILES string of the molecule is CCCCC/C=C\C/C=C\CCCCCCCCCC(=O)OCCCC/C=C\CCCCCCCC(=O)NC(CO)C(O)/C=C/CCCCCCCCCCCCCC. The number of aliphatic hydroxyl groups excluding tert-OH is 2. The molecule has 0 rings (SSSR count). The largest absolute Gasteiger partial charge is 0.466 e. The first kappa shape index (κ1) is 56.8. The van der Waals surface area contributed by atoms with Crippen molar-refractivity contribution in [3.05, 3.63) is 48.6 Å². The van der Waals surface area contributed by atoms with Crippen molar-refractivity contribution in [3.8, 4) is 0 Å². The molecule has 0 heterocycles. The van der Waals surface area contributed by atoms with Crippen LogP contribution in [0.3, 0.4) is 0 Å². The van der Waals surface area contributed by atoms with Gasteiger partial charge >= 0.3 is 5.97 Å². The molecule has 0 spiro atoms. The van der Waals surface area contributed by atoms with Crippen molar-refractivity contribution in [1.82, 2.24) is 5.32 Å². The highest BCUT2D eigenvalue weighted by molar-refractivity contribution is 5.76. The maximum Gasteiger partial charge on any atom is 0.305 e. The number of rotatable bonds is 46. The average Bonchev–Trinajstić information content (AvgIpc) is 3.24. The number of carbonyl (C=O) groups excluding carboxylic acids is 2. The van der Waals surface area contributed by atoms with Crippen LogP contribution in [0, 0.1) is 0 Å². The minimum Gasteiger partial charge on any atom is -0.466 e. The van der Waals surface area contributed by atoms with Gasteiger partial charge in [0.1, 0.15) is 0 Å². The summed E-state index contributed by atoms with van der Waals surface area (Å²) in [5, 5.41) is 23.0. The molecule has 3 N–H and O–H groups in total. The summed E-state index contributed by atoms with van der Waals surface area (Å²) >= 11 is 0. The third-order valence-corrected chi connectivity index (χ3v) is 11.3. The lowest BCUT2D eigenvalue weighted by Crippen LogP contribution is -2.45. The van der Waals surface area contributed by atoms with Crippen LogP contribution in [0.15, 0.2) is 48.6 Å². The molecule has 0 saturated carbocycles. The summed E-state index contributed by atoms with van der Waals surface area (Å²) < 4.78 is 5.43. The average molecular weight is 828 g/mol. The number of aliphatic hydroxyl groups is 2. The molecule has 0 fully saturated rings. The zero-order valence-corrected chi connectivity index (χ0v) is 39.0. The van der Waals surface area contributed by atoms with E-state index in [9.17, 15) is 19.8 Å². The van der Waals surface area contributed by atoms with Crippen molar-refractivity contribution < 1.29 is 24.5 Å². The second kappa shape index (κ2) is 48.5. The minimum absolute atomic E-state index is 0.0417. The molecule has 6 heteroatoms. The van der Waals surface area contributed by atoms with Gasteiger partial charge in [0.15, 0.2) is 0 Å². The monoisotopic (exact) mass is 828 g/mol. The van der Waals surface area contributed by atoms with E-state index < -0.39 is 12.1 Å². The van der Waals surface area contributed by atoms with Crippen LogP contribution >= 0.6 is 0 Å². The Hall–Kier alpha value is -2.18. The smallest absolute Gasteiger partial charge is 0.305 e. The lowest BCUT2D eigenvalue weighted by Gasteiger charge is -2.20. The van der Waals surface area contributed by atoms with Crippen molar-refractivity contribution in [2.75, 3.05) is 13.2 Å². The van der Waals surface area contributed by atoms with Crippen LogP contribution in [0.1, 0.15) is 251 Å². The zero-order chi connectivity index (χ0) is 43.0. The van der Waals surface area contributed by atoms with Crippen LogP contribution in [0.4, 0.5) is 0 Å². The number of unbranched alkanes of at least 4 members (excludes halogenated alkanes) is 29. The standard InChI is InChI=1S/C53H97NO5/c1-3-5-7-9-11-13-15-17-19-20-21-23-27-31-35-39-43-47-53(58)59-48-44-40-36-32-28-24-26-30-34-38-42-46-52(57)54-50(49-55)51(56)45-41-37-33-29-25-22-18-16-14-12-10-8-6-4-2/h11,13,17,19,28,32,41,45,50-51,55-56H,3-10,12,14-16,18,20-27,29-31,33-40,42-44,46-49H2,1-2H3,(H,54,57)/b13-11-,19-17-,32-28-,45-41+. The lowest BCUT2D eigenvalue weighted by atomic mass is 10.0. The van der Waals surface area contributed by atoms with E-state index in [0.29, 0.717) is 19.4 Å². The molecule has 6 nitrogen and oxygen atoms in total. The molecule has 59 heavy (non-hydrogen) atoms. The Morgan fingerprint density at radius 1 is 0.475 bits per heavy atom. The van der Waals surface area contributed by atoms with Gasteiger partial charge in [0.05, 0.1) is 25.4 Å². The Labute approximate surface area is 366 Å². The third kappa shape index (κ3) is 45.2. The highest BCUT2D eigenvalue weighted by Gasteiger charge is 2.18. The molecule has 2 unspecified atom stereocenters. The molecule has 0 aliphatic rings. The molecule has 0 aromatic carbocycles. The van der Waals surface area contributed by atoms with Crippen LogP contribution in [-0.4, -0.2) is 47.4 Å². The number of esters is 1. The van der Waals surface area contributed by atoms with Gasteiger partial charge in [-0.3, -0.25) is 9.59 Å². The van der Waals surface area contributed by atoms with Gasteiger partial charge in [-0.25, -0.2) is 0 Å². The number of hydrogen-bond donors (Lipinski definition) is 3. The van der Waals surface area contributed by atoms with E-state index in [-0.39, 0.29) is 18.5 Å². The first-order chi connectivity index (χ1) is 29.0. The molecular formula is C53H97NO5. The Morgan fingerprint density at radius 3 is 1.34 bits per heavy atom. The predicted octanol–water partition coefficient (Wildman–Crippen LogP) is 15.1. The van der Waals surface area contributed by atoms with Crippen molar-refractivity contribution in [2.24, 2.45) is 0 Å². The third-order valence-electron chi connectivity index (χ3n) is 11.3. The summed E-state index contributed by atoms with van der Waals surface area (Å²) in [5.74, 6) is -0.141. The van der Waals surface area contributed by atoms with Crippen LogP contribution in [0.2, 0.25) is 0 Å². The predicted molar refractivity (Wildman–Crippen MR) is 255 cm³/mol. The summed E-state index contributed by atoms with van der Waals surface area (Å²) in [6.45, 7) is 4.78. The summed E-state index contributed by atoms with van der Waals surface area (Å²) in [7, 11) is 0. The summed E-state index contributed by atoms with van der Waals surface area (Å²) in [6.07, 6.45) is 59.6. The van der Waals surface area contributed by atoms with Crippen LogP contribution in [0.5, 0.6) is 0 Å². The number of ether oxygens (including phenoxy) is 1. The van der Waals surface area contributed by atoms with Crippen LogP contribution in [-0.2, 0) is 14.3 Å². The van der Waals surface area contributed by atoms with E-state index in [1.54, 1.807) is 6.08 Å². The van der Waals surface area contributed by atoms with Gasteiger partial charge < -0.3 is 20.3 Å². The molecule has 1 amide bonds. The molecule has 0 bridgehead atoms. The minimum atomic E-state index is -0.863. The molecule has 0 aromatic heterocycles. The number of carbonyl (C=O) groups is 2. The maximum absolute atomic E-state index is 12.4. The van der Waals surface area contributed by atoms with Crippen molar-refractivity contribution in [1.29, 1.82) is 0 Å². The van der Waals surface area contributed by atoms with E-state index in [2.05, 4.69) is 55.6 Å². The number of hydrogen-bond acceptors (Lipinski definition) is 5. The fourth-order valence-corrected chi connectivity index (χ4v) is 7.36. The fourth-order valence-electron chi connectivity index (χ4n) is 7.36. The molecule has 0 aliphatic carbocycles. The summed E-state index contributed by atoms with van der Waals surface area (Å²) in [6, 6.07) is -0.650. The fraction of sp³-hybridized carbons (Fsp3) is 0.811. The highest BCUT2D eigenvalue weighted by Crippen LogP contribution is 2.14. The Balaban J connectivity index is 3.56. The summed E-state index contributed by atoms with van der Waals surface area (Å²) in [5.41, 5.74) is 0. The van der Waals surface area contributed by atoms with E-state index in [4.69, 9.17) is 4.74 Å². The molecule has 0 aromatic rings. The topological polar surface area (TPSA) is 95.9 Å². The first-order valence-electron chi connectivity index (χ1n) is 25.4. The first-order valence-corrected chi connectivity index (χ1v) is 25.4. The Kier molecular flexibility index (Phi) is 46.7. The molecular weight excluding hydrogens is 731 g/mol. The van der Waals surface area contributed by atoms with Crippen LogP contribution in [0.25, 0.3) is 0 Å². The highest BCUT2D eigenvalue weighted by atomic mass is 16.5. The van der Waals surface area contributed by atoms with Gasteiger partial charge in [-0.2, -0.15) is 0 Å². The number of amides is 1. The van der Waals surface area contributed by atoms with Gasteiger partial charge in [0.2, 0.25) is 5.91 Å². The van der Waals surface area contributed by atoms with E-state index in [0.717, 1.165) is 89.9 Å². The van der Waals surface area contributed by atoms with Crippen LogP contribution < -0.4 is 5.32 Å². The van der Waals surface area contributed by atoms with Crippen molar-refractivity contribution in [3.63, 3.8) is 0 Å². The molecule has 0 aliphatic heterocycles. The summed E-state index contributed by atoms with van der Waals surface area (Å²) in [4.78, 5) is 24.4. The van der Waals surface area contributed by atoms with E-state index in [1.165, 1.54) is 135 Å². The zero-order valence-electron chi connectivity index (χ0n) is 39.0. The maximum atomic E-state index is 12.4. The normalized spacial score (nSPS) is 13.1. The lowest BCUT2D eigenvalue weighted by molar-refractivity contribution is -0.143. The Bertz CT molecular complexity index is 1000. The van der Waals surface area contributed by atoms with E-state index in [1.807, 2.05) is 6.08 Å². The molecule has 344 valence electrons. The van der Waals surface area contributed by atoms with Gasteiger partial charge in [0.25, 0.3) is 0 Å². The molecule has 0 radical (unpaired) electrons. The molecule has 2 atom stereocenters. The van der Waals surface area contributed by atoms with Gasteiger partial charge in [-0.05, 0) is 89.9 Å². The quantitative estimate of drug-likeness (QED) is 0.0323. The second-order valence-corrected chi connectivity index (χ2v) is 17.1. The number of nitrogens with one attached hydrogen (secondary N) is 1. The van der Waals surface area contributed by atoms with Gasteiger partial charge in [-0.1, -0.05) is 197 Å². The van der Waals surface area contributed by atoms with E-state index >= 15 is 0 Å². The van der Waals surface area contributed by atoms with Crippen molar-refractivity contribution >= 4 is 11.9 Å². The van der Waals surface area contributed by atoms with Gasteiger partial charge in [-0.15, -0.1) is 0 Å². The van der Waals surface area contributed by atoms with Crippen molar-refractivity contribution in [2.45, 2.75) is 264 Å². The van der Waals surface area contributed by atoms with Gasteiger partial charge in [0, 0.05) is 12.8 Å².